The highest BCUT2D eigenvalue weighted by atomic mass is 35.5. The molecule has 1 amide bonds. The van der Waals surface area contributed by atoms with Gasteiger partial charge in [0.2, 0.25) is 5.91 Å². The minimum Gasteiger partial charge on any atom is -0.359 e. The van der Waals surface area contributed by atoms with Crippen LogP contribution in [-0.2, 0) is 4.79 Å². The van der Waals surface area contributed by atoms with Gasteiger partial charge in [-0.15, -0.1) is 11.6 Å². The van der Waals surface area contributed by atoms with Crippen molar-refractivity contribution in [2.75, 3.05) is 25.5 Å². The van der Waals surface area contributed by atoms with Crippen LogP contribution in [0.5, 0.6) is 0 Å². The zero-order valence-corrected chi connectivity index (χ0v) is 18.2. The number of carbonyl (C=O) groups is 1. The number of amides is 1. The molecule has 0 unspecified atom stereocenters. The van der Waals surface area contributed by atoms with E-state index in [0.717, 1.165) is 30.3 Å². The Bertz CT molecular complexity index is 1000. The summed E-state index contributed by atoms with van der Waals surface area (Å²) in [5.74, 6) is -0.345. The fraction of sp³-hybridized carbons (Fsp3) is 0.381. The minimum absolute atomic E-state index is 0.0133. The third-order valence-corrected chi connectivity index (χ3v) is 5.55. The molecular formula is C21H24Cl2FN5O. The normalized spacial score (nSPS) is 18.0. The molecule has 9 heteroatoms. The number of alkyl halides is 1. The van der Waals surface area contributed by atoms with E-state index < -0.39 is 5.83 Å². The minimum atomic E-state index is -0.475. The molecule has 1 saturated heterocycles. The van der Waals surface area contributed by atoms with E-state index in [9.17, 15) is 9.18 Å². The van der Waals surface area contributed by atoms with Crippen LogP contribution in [0, 0.1) is 5.92 Å². The van der Waals surface area contributed by atoms with Crippen molar-refractivity contribution in [1.82, 2.24) is 20.2 Å². The van der Waals surface area contributed by atoms with Gasteiger partial charge in [0.1, 0.15) is 11.5 Å². The summed E-state index contributed by atoms with van der Waals surface area (Å²) in [5, 5.41) is 4.18. The fourth-order valence-electron chi connectivity index (χ4n) is 3.43. The highest BCUT2D eigenvalue weighted by Crippen LogP contribution is 2.24. The molecule has 0 saturated carbocycles. The van der Waals surface area contributed by atoms with Gasteiger partial charge in [0.05, 0.1) is 10.7 Å². The number of rotatable bonds is 7. The second-order valence-electron chi connectivity index (χ2n) is 7.27. The lowest BCUT2D eigenvalue weighted by Gasteiger charge is -2.31. The number of fused-ring (bicyclic) bond motifs is 1. The van der Waals surface area contributed by atoms with Crippen molar-refractivity contribution in [3.8, 4) is 0 Å². The Hall–Kier alpha value is -2.38. The highest BCUT2D eigenvalue weighted by molar-refractivity contribution is 6.31. The number of carbonyl (C=O) groups excluding carboxylic acids is 1. The molecule has 0 aromatic carbocycles. The number of allylic oxidation sites excluding steroid dienone is 1. The lowest BCUT2D eigenvalue weighted by atomic mass is 9.98. The lowest BCUT2D eigenvalue weighted by molar-refractivity contribution is -0.130. The number of pyridine rings is 1. The topological polar surface area (TPSA) is 73.4 Å². The van der Waals surface area contributed by atoms with Crippen molar-refractivity contribution in [2.45, 2.75) is 19.8 Å². The van der Waals surface area contributed by atoms with Gasteiger partial charge in [-0.2, -0.15) is 0 Å². The predicted molar refractivity (Wildman–Crippen MR) is 120 cm³/mol. The van der Waals surface area contributed by atoms with Gasteiger partial charge in [0.25, 0.3) is 0 Å². The van der Waals surface area contributed by atoms with Crippen LogP contribution in [0.25, 0.3) is 16.7 Å². The summed E-state index contributed by atoms with van der Waals surface area (Å²) in [4.78, 5) is 25.1. The standard InChI is InChI=1S/C21H24Cl2FN5O/c1-13(18-10-28-21-17(18)6-16(23)9-27-21)26-11-19(24)14(2)25-8-15-4-3-5-29(12-15)20(30)7-22/h6,9-11,15,26H,1,3-5,7-8,12H2,2H3,(H,27,28)/t15-/m1/s1. The monoisotopic (exact) mass is 451 g/mol. The Kier molecular flexibility index (Phi) is 7.50. The molecular weight excluding hydrogens is 428 g/mol. The Morgan fingerprint density at radius 3 is 3.13 bits per heavy atom. The van der Waals surface area contributed by atoms with E-state index >= 15 is 0 Å². The Labute approximate surface area is 184 Å². The molecule has 160 valence electrons. The van der Waals surface area contributed by atoms with E-state index in [4.69, 9.17) is 23.2 Å². The molecule has 1 atom stereocenters. The number of aliphatic imine (C=N–C) groups is 1. The highest BCUT2D eigenvalue weighted by Gasteiger charge is 2.22. The van der Waals surface area contributed by atoms with Crippen LogP contribution in [0.15, 0.2) is 42.1 Å². The van der Waals surface area contributed by atoms with Crippen molar-refractivity contribution < 1.29 is 9.18 Å². The second kappa shape index (κ2) is 10.1. The number of nitrogens with one attached hydrogen (secondary N) is 2. The van der Waals surface area contributed by atoms with Gasteiger partial charge >= 0.3 is 0 Å². The van der Waals surface area contributed by atoms with Crippen molar-refractivity contribution in [3.63, 3.8) is 0 Å². The zero-order valence-electron chi connectivity index (χ0n) is 16.7. The van der Waals surface area contributed by atoms with Crippen LogP contribution in [0.2, 0.25) is 5.02 Å². The van der Waals surface area contributed by atoms with Crippen LogP contribution < -0.4 is 5.32 Å². The Balaban J connectivity index is 1.59. The molecule has 1 aliphatic heterocycles. The molecule has 2 N–H and O–H groups in total. The van der Waals surface area contributed by atoms with Crippen LogP contribution in [0.1, 0.15) is 25.3 Å². The lowest BCUT2D eigenvalue weighted by Crippen LogP contribution is -2.41. The molecule has 0 bridgehead atoms. The number of halogens is 3. The second-order valence-corrected chi connectivity index (χ2v) is 7.98. The number of aromatic amines is 1. The number of aromatic nitrogens is 2. The molecule has 30 heavy (non-hydrogen) atoms. The molecule has 2 aromatic heterocycles. The number of piperidine rings is 1. The average Bonchev–Trinajstić information content (AvgIpc) is 3.18. The molecule has 3 rings (SSSR count). The number of hydrogen-bond donors (Lipinski definition) is 2. The van der Waals surface area contributed by atoms with E-state index in [1.54, 1.807) is 30.3 Å². The molecule has 0 radical (unpaired) electrons. The third kappa shape index (κ3) is 5.40. The van der Waals surface area contributed by atoms with Crippen LogP contribution in [-0.4, -0.2) is 52.0 Å². The zero-order chi connectivity index (χ0) is 21.7. The number of H-pyrrole nitrogens is 1. The van der Waals surface area contributed by atoms with Crippen molar-refractivity contribution in [1.29, 1.82) is 0 Å². The van der Waals surface area contributed by atoms with E-state index in [0.29, 0.717) is 35.2 Å². The van der Waals surface area contributed by atoms with Gasteiger partial charge in [-0.1, -0.05) is 18.2 Å². The summed E-state index contributed by atoms with van der Waals surface area (Å²) in [6.07, 6.45) is 6.40. The van der Waals surface area contributed by atoms with Crippen molar-refractivity contribution in [3.05, 3.63) is 47.7 Å². The Morgan fingerprint density at radius 1 is 1.57 bits per heavy atom. The first-order valence-electron chi connectivity index (χ1n) is 9.68. The molecule has 1 fully saturated rings. The van der Waals surface area contributed by atoms with E-state index in [1.807, 2.05) is 0 Å². The van der Waals surface area contributed by atoms with Gasteiger partial charge in [0, 0.05) is 54.9 Å². The fourth-order valence-corrected chi connectivity index (χ4v) is 3.75. The first-order chi connectivity index (χ1) is 14.4. The van der Waals surface area contributed by atoms with Crippen LogP contribution >= 0.6 is 23.2 Å². The molecule has 1 aliphatic rings. The first-order valence-corrected chi connectivity index (χ1v) is 10.6. The van der Waals surface area contributed by atoms with E-state index in [1.165, 1.54) is 6.20 Å². The van der Waals surface area contributed by atoms with Gasteiger partial charge in [-0.3, -0.25) is 9.79 Å². The Morgan fingerprint density at radius 2 is 2.37 bits per heavy atom. The quantitative estimate of drug-likeness (QED) is 0.479. The smallest absolute Gasteiger partial charge is 0.237 e. The van der Waals surface area contributed by atoms with Crippen LogP contribution in [0.4, 0.5) is 4.39 Å². The molecule has 6 nitrogen and oxygen atoms in total. The SMILES string of the molecule is C=C(NC=C(F)C(C)=NC[C@H]1CCCN(C(=O)CCl)C1)c1c[nH]c2ncc(Cl)cc12. The predicted octanol–water partition coefficient (Wildman–Crippen LogP) is 4.53. The first kappa shape index (κ1) is 22.3. The van der Waals surface area contributed by atoms with E-state index in [2.05, 4.69) is 26.9 Å². The maximum atomic E-state index is 14.5. The number of likely N-dealkylation sites (tertiary alicyclic amines) is 1. The van der Waals surface area contributed by atoms with Crippen molar-refractivity contribution in [2.24, 2.45) is 10.9 Å². The summed E-state index contributed by atoms with van der Waals surface area (Å²) in [5.41, 5.74) is 2.23. The summed E-state index contributed by atoms with van der Waals surface area (Å²) in [7, 11) is 0. The van der Waals surface area contributed by atoms with Crippen LogP contribution in [0.3, 0.4) is 0 Å². The summed E-state index contributed by atoms with van der Waals surface area (Å²) >= 11 is 11.6. The maximum absolute atomic E-state index is 14.5. The summed E-state index contributed by atoms with van der Waals surface area (Å²) < 4.78 is 14.5. The molecule has 0 aliphatic carbocycles. The summed E-state index contributed by atoms with van der Waals surface area (Å²) in [6, 6.07) is 1.78. The van der Waals surface area contributed by atoms with Crippen molar-refractivity contribution >= 4 is 51.6 Å². The average molecular weight is 452 g/mol. The van der Waals surface area contributed by atoms with E-state index in [-0.39, 0.29) is 17.7 Å². The molecule has 3 heterocycles. The maximum Gasteiger partial charge on any atom is 0.237 e. The number of nitrogens with zero attached hydrogens (tertiary/aromatic N) is 3. The number of hydrogen-bond acceptors (Lipinski definition) is 4. The van der Waals surface area contributed by atoms with Gasteiger partial charge in [0.15, 0.2) is 5.83 Å². The molecule has 0 spiro atoms. The van der Waals surface area contributed by atoms with Gasteiger partial charge in [-0.25, -0.2) is 9.37 Å². The molecule has 2 aromatic rings. The largest absolute Gasteiger partial charge is 0.359 e. The van der Waals surface area contributed by atoms with Gasteiger partial charge < -0.3 is 15.2 Å². The third-order valence-electron chi connectivity index (χ3n) is 5.11. The summed E-state index contributed by atoms with van der Waals surface area (Å²) in [6.45, 7) is 7.38. The van der Waals surface area contributed by atoms with Gasteiger partial charge in [-0.05, 0) is 31.7 Å².